The van der Waals surface area contributed by atoms with Gasteiger partial charge in [-0.25, -0.2) is 0 Å². The minimum Gasteiger partial charge on any atom is -0.494 e. The van der Waals surface area contributed by atoms with Crippen LogP contribution in [0.2, 0.25) is 0 Å². The number of nitrogens with one attached hydrogen (secondary N) is 2. The van der Waals surface area contributed by atoms with Crippen molar-refractivity contribution in [2.45, 2.75) is 25.8 Å². The first-order valence-electron chi connectivity index (χ1n) is 7.04. The number of amides is 1. The van der Waals surface area contributed by atoms with Gasteiger partial charge >= 0.3 is 0 Å². The van der Waals surface area contributed by atoms with Gasteiger partial charge in [-0.05, 0) is 31.9 Å². The number of carbonyl (C=O) groups is 1. The average Bonchev–Trinajstić information content (AvgIpc) is 2.98. The molecule has 1 fully saturated rings. The Balaban J connectivity index is 0.00000220. The molecule has 1 heterocycles. The second-order valence-corrected chi connectivity index (χ2v) is 5.96. The van der Waals surface area contributed by atoms with Crippen LogP contribution < -0.4 is 15.4 Å². The molecule has 1 aliphatic heterocycles. The quantitative estimate of drug-likeness (QED) is 0.754. The zero-order chi connectivity index (χ0) is 14.2. The smallest absolute Gasteiger partial charge is 0.238 e. The topological polar surface area (TPSA) is 50.4 Å². The van der Waals surface area contributed by atoms with Gasteiger partial charge in [0.05, 0.1) is 12.6 Å². The average molecular weight is 331 g/mol. The van der Waals surface area contributed by atoms with Crippen molar-refractivity contribution in [3.63, 3.8) is 0 Å². The van der Waals surface area contributed by atoms with Crippen molar-refractivity contribution in [2.24, 2.45) is 0 Å². The van der Waals surface area contributed by atoms with E-state index in [1.54, 1.807) is 11.8 Å². The summed E-state index contributed by atoms with van der Waals surface area (Å²) in [6.07, 6.45) is 1.89. The zero-order valence-corrected chi connectivity index (χ0v) is 13.9. The maximum atomic E-state index is 11.7. The number of aryl methyl sites for hydroxylation is 1. The van der Waals surface area contributed by atoms with Gasteiger partial charge in [-0.15, -0.1) is 24.2 Å². The summed E-state index contributed by atoms with van der Waals surface area (Å²) in [5.41, 5.74) is 1.23. The van der Waals surface area contributed by atoms with E-state index >= 15 is 0 Å². The van der Waals surface area contributed by atoms with E-state index in [1.807, 2.05) is 24.3 Å². The van der Waals surface area contributed by atoms with Crippen molar-refractivity contribution < 1.29 is 9.53 Å². The lowest BCUT2D eigenvalue weighted by molar-refractivity contribution is -0.122. The van der Waals surface area contributed by atoms with E-state index < -0.39 is 0 Å². The number of hydrogen-bond donors (Lipinski definition) is 2. The molecule has 2 rings (SSSR count). The van der Waals surface area contributed by atoms with Crippen molar-refractivity contribution in [3.05, 3.63) is 29.8 Å². The van der Waals surface area contributed by atoms with Gasteiger partial charge in [0.2, 0.25) is 5.91 Å². The Kier molecular flexibility index (Phi) is 8.57. The summed E-state index contributed by atoms with van der Waals surface area (Å²) in [5.74, 6) is 2.78. The first-order chi connectivity index (χ1) is 9.75. The van der Waals surface area contributed by atoms with Gasteiger partial charge in [-0.3, -0.25) is 10.1 Å². The van der Waals surface area contributed by atoms with Crippen molar-refractivity contribution in [3.8, 4) is 5.75 Å². The van der Waals surface area contributed by atoms with Gasteiger partial charge in [0.15, 0.2) is 0 Å². The Bertz CT molecular complexity index is 422. The van der Waals surface area contributed by atoms with Crippen LogP contribution in [0.15, 0.2) is 24.3 Å². The van der Waals surface area contributed by atoms with Crippen LogP contribution in [0.25, 0.3) is 0 Å². The van der Waals surface area contributed by atoms with Crippen LogP contribution in [0, 0.1) is 6.92 Å². The Labute approximate surface area is 136 Å². The van der Waals surface area contributed by atoms with Crippen LogP contribution in [0.3, 0.4) is 0 Å². The van der Waals surface area contributed by atoms with Crippen LogP contribution in [-0.2, 0) is 4.79 Å². The molecule has 0 saturated carbocycles. The molecule has 0 radical (unpaired) electrons. The van der Waals surface area contributed by atoms with E-state index in [-0.39, 0.29) is 24.4 Å². The summed E-state index contributed by atoms with van der Waals surface area (Å²) in [5, 5.41) is 6.12. The summed E-state index contributed by atoms with van der Waals surface area (Å²) >= 11 is 1.76. The monoisotopic (exact) mass is 330 g/mol. The van der Waals surface area contributed by atoms with E-state index in [1.165, 1.54) is 5.56 Å². The number of ether oxygens (including phenoxy) is 1. The van der Waals surface area contributed by atoms with Crippen molar-refractivity contribution in [1.82, 2.24) is 10.6 Å². The number of benzene rings is 1. The van der Waals surface area contributed by atoms with E-state index in [4.69, 9.17) is 4.74 Å². The van der Waals surface area contributed by atoms with E-state index in [9.17, 15) is 4.79 Å². The number of carbonyl (C=O) groups excluding carboxylic acids is 1. The summed E-state index contributed by atoms with van der Waals surface area (Å²) in [4.78, 5) is 11.7. The fourth-order valence-corrected chi connectivity index (χ4v) is 2.89. The number of thioether (sulfide) groups is 1. The molecule has 1 saturated heterocycles. The first kappa shape index (κ1) is 18.1. The zero-order valence-electron chi connectivity index (χ0n) is 12.3. The standard InChI is InChI=1S/C15H22N2O2S.ClH/c1-12-4-6-13(7-5-12)19-9-3-2-8-16-15(18)14-10-20-11-17-14;/h4-7,14,17H,2-3,8-11H2,1H3,(H,16,18);1H. The molecule has 0 bridgehead atoms. The molecule has 0 aromatic heterocycles. The molecule has 1 aromatic carbocycles. The highest BCUT2D eigenvalue weighted by Gasteiger charge is 2.21. The fraction of sp³-hybridized carbons (Fsp3) is 0.533. The van der Waals surface area contributed by atoms with Crippen LogP contribution >= 0.6 is 24.2 Å². The summed E-state index contributed by atoms with van der Waals surface area (Å²) in [6, 6.07) is 8.05. The van der Waals surface area contributed by atoms with Crippen molar-refractivity contribution in [2.75, 3.05) is 24.8 Å². The molecule has 4 nitrogen and oxygen atoms in total. The highest BCUT2D eigenvalue weighted by molar-refractivity contribution is 7.99. The Morgan fingerprint density at radius 2 is 2.14 bits per heavy atom. The molecule has 1 unspecified atom stereocenters. The van der Waals surface area contributed by atoms with Crippen LogP contribution in [0.5, 0.6) is 5.75 Å². The first-order valence-corrected chi connectivity index (χ1v) is 8.19. The van der Waals surface area contributed by atoms with Gasteiger partial charge in [0.1, 0.15) is 5.75 Å². The highest BCUT2D eigenvalue weighted by atomic mass is 35.5. The molecule has 1 aromatic rings. The molecule has 118 valence electrons. The van der Waals surface area contributed by atoms with E-state index in [2.05, 4.69) is 17.6 Å². The minimum absolute atomic E-state index is 0. The van der Waals surface area contributed by atoms with Crippen LogP contribution in [-0.4, -0.2) is 36.7 Å². The predicted octanol–water partition coefficient (Wildman–Crippen LogP) is 2.35. The van der Waals surface area contributed by atoms with Crippen LogP contribution in [0.1, 0.15) is 18.4 Å². The largest absolute Gasteiger partial charge is 0.494 e. The second kappa shape index (κ2) is 9.92. The highest BCUT2D eigenvalue weighted by Crippen LogP contribution is 2.12. The lowest BCUT2D eigenvalue weighted by Gasteiger charge is -2.10. The second-order valence-electron chi connectivity index (χ2n) is 4.93. The molecule has 0 aliphatic carbocycles. The number of rotatable bonds is 7. The Hall–Kier alpha value is -0.910. The SMILES string of the molecule is Cc1ccc(OCCCCNC(=O)C2CSCN2)cc1.Cl. The van der Waals surface area contributed by atoms with Crippen LogP contribution in [0.4, 0.5) is 0 Å². The molecule has 1 atom stereocenters. The molecular weight excluding hydrogens is 308 g/mol. The molecule has 1 amide bonds. The third-order valence-corrected chi connectivity index (χ3v) is 4.13. The van der Waals surface area contributed by atoms with E-state index in [0.29, 0.717) is 6.61 Å². The lowest BCUT2D eigenvalue weighted by Crippen LogP contribution is -2.42. The van der Waals surface area contributed by atoms with Crippen molar-refractivity contribution in [1.29, 1.82) is 0 Å². The van der Waals surface area contributed by atoms with Gasteiger partial charge in [-0.1, -0.05) is 17.7 Å². The van der Waals surface area contributed by atoms with E-state index in [0.717, 1.165) is 36.8 Å². The third kappa shape index (κ3) is 6.59. The Morgan fingerprint density at radius 1 is 1.38 bits per heavy atom. The number of halogens is 1. The van der Waals surface area contributed by atoms with Crippen molar-refractivity contribution >= 4 is 30.1 Å². The molecule has 0 spiro atoms. The summed E-state index contributed by atoms with van der Waals surface area (Å²) in [7, 11) is 0. The minimum atomic E-state index is -0.0104. The summed E-state index contributed by atoms with van der Waals surface area (Å²) in [6.45, 7) is 3.47. The molecule has 6 heteroatoms. The molecular formula is C15H23ClN2O2S. The maximum Gasteiger partial charge on any atom is 0.238 e. The fourth-order valence-electron chi connectivity index (χ4n) is 1.95. The lowest BCUT2D eigenvalue weighted by atomic mass is 10.2. The molecule has 21 heavy (non-hydrogen) atoms. The molecule has 2 N–H and O–H groups in total. The van der Waals surface area contributed by atoms with Gasteiger partial charge < -0.3 is 10.1 Å². The Morgan fingerprint density at radius 3 is 2.81 bits per heavy atom. The molecule has 1 aliphatic rings. The van der Waals surface area contributed by atoms with Gasteiger partial charge in [0.25, 0.3) is 0 Å². The van der Waals surface area contributed by atoms with Gasteiger partial charge in [-0.2, -0.15) is 0 Å². The number of unbranched alkanes of at least 4 members (excludes halogenated alkanes) is 1. The predicted molar refractivity (Wildman–Crippen MR) is 90.4 cm³/mol. The summed E-state index contributed by atoms with van der Waals surface area (Å²) < 4.78 is 5.64. The third-order valence-electron chi connectivity index (χ3n) is 3.19. The number of hydrogen-bond acceptors (Lipinski definition) is 4. The maximum absolute atomic E-state index is 11.7. The van der Waals surface area contributed by atoms with Gasteiger partial charge in [0, 0.05) is 18.2 Å². The normalized spacial score (nSPS) is 17.1.